The fourth-order valence-corrected chi connectivity index (χ4v) is 4.45. The predicted octanol–water partition coefficient (Wildman–Crippen LogP) is 9.56. The van der Waals surface area contributed by atoms with E-state index in [1.54, 1.807) is 0 Å². The van der Waals surface area contributed by atoms with Gasteiger partial charge in [-0.05, 0) is 48.2 Å². The van der Waals surface area contributed by atoms with E-state index in [2.05, 4.69) is 86.9 Å². The highest BCUT2D eigenvalue weighted by molar-refractivity contribution is 5.51. The van der Waals surface area contributed by atoms with E-state index in [1.165, 1.54) is 99.6 Å². The molecule has 0 unspecified atom stereocenters. The molecule has 2 N–H and O–H groups in total. The highest BCUT2D eigenvalue weighted by Gasteiger charge is 2.22. The molecule has 33 heavy (non-hydrogen) atoms. The first-order valence-electron chi connectivity index (χ1n) is 13.8. The lowest BCUT2D eigenvalue weighted by Crippen LogP contribution is -2.19. The average molecular weight is 451 g/mol. The molecule has 0 bridgehead atoms. The third kappa shape index (κ3) is 10.2. The van der Waals surface area contributed by atoms with Crippen LogP contribution in [0, 0.1) is 0 Å². The molecule has 0 spiro atoms. The first-order chi connectivity index (χ1) is 16.1. The molecule has 0 saturated heterocycles. The zero-order valence-corrected chi connectivity index (χ0v) is 22.0. The molecule has 2 aromatic carbocycles. The fraction of sp³-hybridized carbons (Fsp3) is 0.613. The van der Waals surface area contributed by atoms with Gasteiger partial charge in [0.15, 0.2) is 0 Å². The molecule has 0 saturated carbocycles. The Morgan fingerprint density at radius 2 is 0.818 bits per heavy atom. The number of hydrogen-bond donors (Lipinski definition) is 2. The fourth-order valence-electron chi connectivity index (χ4n) is 4.45. The van der Waals surface area contributed by atoms with Crippen molar-refractivity contribution in [1.82, 2.24) is 0 Å². The van der Waals surface area contributed by atoms with Crippen molar-refractivity contribution in [3.63, 3.8) is 0 Å². The number of rotatable bonds is 18. The minimum absolute atomic E-state index is 0.00435. The van der Waals surface area contributed by atoms with Gasteiger partial charge in [-0.15, -0.1) is 0 Å². The second kappa shape index (κ2) is 15.8. The largest absolute Gasteiger partial charge is 0.385 e. The molecule has 0 aromatic heterocycles. The van der Waals surface area contributed by atoms with E-state index in [0.717, 1.165) is 13.1 Å². The zero-order valence-electron chi connectivity index (χ0n) is 22.0. The second-order valence-electron chi connectivity index (χ2n) is 10.2. The summed E-state index contributed by atoms with van der Waals surface area (Å²) in [6, 6.07) is 18.1. The van der Waals surface area contributed by atoms with Crippen molar-refractivity contribution in [2.75, 3.05) is 23.7 Å². The molecular weight excluding hydrogens is 400 g/mol. The second-order valence-corrected chi connectivity index (χ2v) is 10.2. The third-order valence-electron chi connectivity index (χ3n) is 6.93. The van der Waals surface area contributed by atoms with Crippen molar-refractivity contribution in [1.29, 1.82) is 0 Å². The van der Waals surface area contributed by atoms with Crippen molar-refractivity contribution in [3.05, 3.63) is 59.7 Å². The molecular formula is C31H50N2. The van der Waals surface area contributed by atoms with E-state index < -0.39 is 0 Å². The normalized spacial score (nSPS) is 11.5. The van der Waals surface area contributed by atoms with Gasteiger partial charge in [-0.25, -0.2) is 0 Å². The summed E-state index contributed by atoms with van der Waals surface area (Å²) >= 11 is 0. The molecule has 0 fully saturated rings. The maximum absolute atomic E-state index is 3.59. The van der Waals surface area contributed by atoms with Crippen LogP contribution in [0.4, 0.5) is 11.4 Å². The number of unbranched alkanes of at least 4 members (excludes halogenated alkanes) is 10. The average Bonchev–Trinajstić information content (AvgIpc) is 2.83. The van der Waals surface area contributed by atoms with Crippen LogP contribution in [0.25, 0.3) is 0 Å². The highest BCUT2D eigenvalue weighted by atomic mass is 14.9. The Morgan fingerprint density at radius 3 is 1.18 bits per heavy atom. The van der Waals surface area contributed by atoms with E-state index >= 15 is 0 Å². The van der Waals surface area contributed by atoms with Crippen molar-refractivity contribution in [2.45, 2.75) is 110 Å². The molecule has 2 rings (SSSR count). The van der Waals surface area contributed by atoms with Gasteiger partial charge in [-0.3, -0.25) is 0 Å². The van der Waals surface area contributed by atoms with Gasteiger partial charge in [-0.1, -0.05) is 116 Å². The predicted molar refractivity (Wildman–Crippen MR) is 149 cm³/mol. The zero-order chi connectivity index (χ0) is 23.8. The molecule has 0 radical (unpaired) electrons. The molecule has 0 atom stereocenters. The van der Waals surface area contributed by atoms with Gasteiger partial charge >= 0.3 is 0 Å². The van der Waals surface area contributed by atoms with Gasteiger partial charge in [0.05, 0.1) is 0 Å². The highest BCUT2D eigenvalue weighted by Crippen LogP contribution is 2.32. The van der Waals surface area contributed by atoms with Gasteiger partial charge in [0.1, 0.15) is 0 Å². The Morgan fingerprint density at radius 1 is 0.485 bits per heavy atom. The standard InChI is InChI=1S/C31H50N2/c1-5-7-9-11-13-15-25-32-29-21-17-27(18-22-29)31(3,4)28-19-23-30(24-20-28)33-26-16-14-12-10-8-6-2/h17-24,32-33H,5-16,25-26H2,1-4H3. The summed E-state index contributed by atoms with van der Waals surface area (Å²) in [6.45, 7) is 11.3. The summed E-state index contributed by atoms with van der Waals surface area (Å²) in [5, 5.41) is 7.18. The van der Waals surface area contributed by atoms with Gasteiger partial charge in [0.25, 0.3) is 0 Å². The van der Waals surface area contributed by atoms with Gasteiger partial charge < -0.3 is 10.6 Å². The van der Waals surface area contributed by atoms with E-state index in [9.17, 15) is 0 Å². The lowest BCUT2D eigenvalue weighted by Gasteiger charge is -2.26. The molecule has 184 valence electrons. The summed E-state index contributed by atoms with van der Waals surface area (Å²) in [7, 11) is 0. The molecule has 0 amide bonds. The summed E-state index contributed by atoms with van der Waals surface area (Å²) in [5.74, 6) is 0. The SMILES string of the molecule is CCCCCCCCNc1ccc(C(C)(C)c2ccc(NCCCCCCCC)cc2)cc1. The molecule has 2 aromatic rings. The lowest BCUT2D eigenvalue weighted by atomic mass is 9.78. The number of benzene rings is 2. The number of nitrogens with one attached hydrogen (secondary N) is 2. The summed E-state index contributed by atoms with van der Waals surface area (Å²) in [4.78, 5) is 0. The van der Waals surface area contributed by atoms with Gasteiger partial charge in [-0.2, -0.15) is 0 Å². The van der Waals surface area contributed by atoms with Crippen LogP contribution in [0.3, 0.4) is 0 Å². The number of hydrogen-bond acceptors (Lipinski definition) is 2. The molecule has 2 nitrogen and oxygen atoms in total. The smallest absolute Gasteiger partial charge is 0.0340 e. The van der Waals surface area contributed by atoms with E-state index in [1.807, 2.05) is 0 Å². The summed E-state index contributed by atoms with van der Waals surface area (Å²) < 4.78 is 0. The van der Waals surface area contributed by atoms with Crippen LogP contribution >= 0.6 is 0 Å². The first-order valence-corrected chi connectivity index (χ1v) is 13.8. The molecule has 0 aliphatic heterocycles. The summed E-state index contributed by atoms with van der Waals surface area (Å²) in [6.07, 6.45) is 16.1. The Kier molecular flexibility index (Phi) is 13.1. The monoisotopic (exact) mass is 450 g/mol. The van der Waals surface area contributed by atoms with Crippen molar-refractivity contribution < 1.29 is 0 Å². The quantitative estimate of drug-likeness (QED) is 0.221. The van der Waals surface area contributed by atoms with Crippen molar-refractivity contribution in [3.8, 4) is 0 Å². The Hall–Kier alpha value is -1.96. The topological polar surface area (TPSA) is 24.1 Å². The molecule has 0 aliphatic rings. The van der Waals surface area contributed by atoms with Crippen LogP contribution < -0.4 is 10.6 Å². The molecule has 0 heterocycles. The van der Waals surface area contributed by atoms with E-state index in [4.69, 9.17) is 0 Å². The Bertz CT molecular complexity index is 667. The van der Waals surface area contributed by atoms with Crippen LogP contribution in [0.2, 0.25) is 0 Å². The van der Waals surface area contributed by atoms with Gasteiger partial charge in [0, 0.05) is 29.9 Å². The van der Waals surface area contributed by atoms with Crippen molar-refractivity contribution >= 4 is 11.4 Å². The minimum atomic E-state index is -0.00435. The maximum Gasteiger partial charge on any atom is 0.0340 e. The van der Waals surface area contributed by atoms with E-state index in [-0.39, 0.29) is 5.41 Å². The summed E-state index contributed by atoms with van der Waals surface area (Å²) in [5.41, 5.74) is 5.19. The van der Waals surface area contributed by atoms with Crippen LogP contribution in [-0.2, 0) is 5.41 Å². The van der Waals surface area contributed by atoms with E-state index in [0.29, 0.717) is 0 Å². The van der Waals surface area contributed by atoms with Crippen LogP contribution in [0.15, 0.2) is 48.5 Å². The van der Waals surface area contributed by atoms with Crippen LogP contribution in [0.1, 0.15) is 116 Å². The van der Waals surface area contributed by atoms with Gasteiger partial charge in [0.2, 0.25) is 0 Å². The Labute approximate surface area is 205 Å². The molecule has 0 aliphatic carbocycles. The van der Waals surface area contributed by atoms with Crippen LogP contribution in [0.5, 0.6) is 0 Å². The van der Waals surface area contributed by atoms with Crippen LogP contribution in [-0.4, -0.2) is 13.1 Å². The third-order valence-corrected chi connectivity index (χ3v) is 6.93. The number of anilines is 2. The maximum atomic E-state index is 3.59. The first kappa shape index (κ1) is 27.3. The Balaban J connectivity index is 1.76. The molecule has 2 heteroatoms. The van der Waals surface area contributed by atoms with Crippen molar-refractivity contribution in [2.24, 2.45) is 0 Å². The minimum Gasteiger partial charge on any atom is -0.385 e. The lowest BCUT2D eigenvalue weighted by molar-refractivity contribution is 0.617.